The maximum absolute atomic E-state index is 10.3. The van der Waals surface area contributed by atoms with E-state index in [-0.39, 0.29) is 0 Å². The van der Waals surface area contributed by atoms with Crippen molar-refractivity contribution in [3.63, 3.8) is 0 Å². The van der Waals surface area contributed by atoms with Crippen LogP contribution in [0.25, 0.3) is 0 Å². The highest BCUT2D eigenvalue weighted by Gasteiger charge is 2.22. The van der Waals surface area contributed by atoms with Crippen LogP contribution in [0.5, 0.6) is 0 Å². The minimum atomic E-state index is -1.31. The van der Waals surface area contributed by atoms with Crippen molar-refractivity contribution in [1.29, 1.82) is 0 Å². The monoisotopic (exact) mass is 211 g/mol. The van der Waals surface area contributed by atoms with Gasteiger partial charge in [-0.25, -0.2) is 0 Å². The fourth-order valence-electron chi connectivity index (χ4n) is 1.31. The summed E-state index contributed by atoms with van der Waals surface area (Å²) in [7, 11) is 0. The first kappa shape index (κ1) is 11.6. The number of carboxylic acids is 1. The van der Waals surface area contributed by atoms with Gasteiger partial charge in [0, 0.05) is 17.5 Å². The zero-order chi connectivity index (χ0) is 11.4. The van der Waals surface area contributed by atoms with Gasteiger partial charge in [0.25, 0.3) is 0 Å². The number of aryl methyl sites for hydroxylation is 1. The fourth-order valence-corrected chi connectivity index (χ4v) is 1.31. The van der Waals surface area contributed by atoms with E-state index in [1.807, 2.05) is 0 Å². The van der Waals surface area contributed by atoms with Gasteiger partial charge in [-0.2, -0.15) is 0 Å². The Hall–Kier alpha value is -1.46. The number of hydrogen-bond acceptors (Lipinski definition) is 4. The van der Waals surface area contributed by atoms with E-state index in [0.717, 1.165) is 0 Å². The average Bonchev–Trinajstić information content (AvgIpc) is 2.16. The van der Waals surface area contributed by atoms with Gasteiger partial charge in [-0.3, -0.25) is 9.78 Å². The summed E-state index contributed by atoms with van der Waals surface area (Å²) >= 11 is 0. The highest BCUT2D eigenvalue weighted by molar-refractivity contribution is 5.67. The number of aliphatic hydroxyl groups is 2. The molecule has 0 aromatic carbocycles. The zero-order valence-corrected chi connectivity index (χ0v) is 8.29. The molecule has 2 unspecified atom stereocenters. The number of hydrogen-bond donors (Lipinski definition) is 3. The van der Waals surface area contributed by atoms with Crippen molar-refractivity contribution in [2.45, 2.75) is 25.6 Å². The topological polar surface area (TPSA) is 90.7 Å². The number of nitrogens with zero attached hydrogens (tertiary/aromatic N) is 1. The summed E-state index contributed by atoms with van der Waals surface area (Å²) in [4.78, 5) is 14.3. The lowest BCUT2D eigenvalue weighted by atomic mass is 10.0. The van der Waals surface area contributed by atoms with Crippen molar-refractivity contribution in [2.75, 3.05) is 0 Å². The van der Waals surface area contributed by atoms with Gasteiger partial charge < -0.3 is 15.3 Å². The molecule has 3 N–H and O–H groups in total. The predicted molar refractivity (Wildman–Crippen MR) is 52.2 cm³/mol. The molecule has 5 heteroatoms. The second kappa shape index (κ2) is 4.86. The van der Waals surface area contributed by atoms with E-state index in [0.29, 0.717) is 11.3 Å². The Labute approximate surface area is 87.0 Å². The molecular formula is C10H13NO4. The van der Waals surface area contributed by atoms with Crippen LogP contribution >= 0.6 is 0 Å². The van der Waals surface area contributed by atoms with Crippen molar-refractivity contribution in [3.05, 3.63) is 29.6 Å². The highest BCUT2D eigenvalue weighted by Crippen LogP contribution is 2.20. The Morgan fingerprint density at radius 2 is 2.20 bits per heavy atom. The summed E-state index contributed by atoms with van der Waals surface area (Å²) in [6.45, 7) is 1.69. The molecule has 0 radical (unpaired) electrons. The van der Waals surface area contributed by atoms with Crippen LogP contribution in [0.2, 0.25) is 0 Å². The lowest BCUT2D eigenvalue weighted by Crippen LogP contribution is -2.22. The molecule has 82 valence electrons. The minimum Gasteiger partial charge on any atom is -0.481 e. The average molecular weight is 211 g/mol. The molecule has 1 aromatic rings. The largest absolute Gasteiger partial charge is 0.481 e. The predicted octanol–water partition coefficient (Wildman–Crippen LogP) is 0.259. The van der Waals surface area contributed by atoms with Gasteiger partial charge in [0.05, 0.1) is 12.5 Å². The molecule has 0 spiro atoms. The van der Waals surface area contributed by atoms with Crippen LogP contribution in [0.15, 0.2) is 18.3 Å². The van der Waals surface area contributed by atoms with Crippen molar-refractivity contribution >= 4 is 5.97 Å². The Balaban J connectivity index is 2.80. The SMILES string of the molecule is Cc1ncccc1C(O)C(O)CC(=O)O. The molecule has 0 aliphatic carbocycles. The van der Waals surface area contributed by atoms with E-state index in [1.165, 1.54) is 0 Å². The lowest BCUT2D eigenvalue weighted by molar-refractivity contribution is -0.141. The van der Waals surface area contributed by atoms with Crippen molar-refractivity contribution in [2.24, 2.45) is 0 Å². The van der Waals surface area contributed by atoms with Crippen molar-refractivity contribution in [3.8, 4) is 0 Å². The number of rotatable bonds is 4. The molecule has 0 saturated heterocycles. The van der Waals surface area contributed by atoms with Crippen LogP contribution < -0.4 is 0 Å². The van der Waals surface area contributed by atoms with Gasteiger partial charge in [0.2, 0.25) is 0 Å². The third kappa shape index (κ3) is 3.00. The first-order valence-electron chi connectivity index (χ1n) is 4.52. The molecule has 0 aliphatic heterocycles. The zero-order valence-electron chi connectivity index (χ0n) is 8.29. The molecule has 15 heavy (non-hydrogen) atoms. The maximum atomic E-state index is 10.3. The Morgan fingerprint density at radius 1 is 1.53 bits per heavy atom. The maximum Gasteiger partial charge on any atom is 0.306 e. The number of aromatic nitrogens is 1. The molecule has 1 heterocycles. The molecule has 0 amide bonds. The minimum absolute atomic E-state index is 0.450. The summed E-state index contributed by atoms with van der Waals surface area (Å²) in [5.41, 5.74) is 1.03. The second-order valence-electron chi connectivity index (χ2n) is 3.29. The Bertz CT molecular complexity index is 353. The summed E-state index contributed by atoms with van der Waals surface area (Å²) in [6.07, 6.45) is -1.45. The summed E-state index contributed by atoms with van der Waals surface area (Å²) in [6, 6.07) is 3.23. The normalized spacial score (nSPS) is 14.6. The fraction of sp³-hybridized carbons (Fsp3) is 0.400. The van der Waals surface area contributed by atoms with Gasteiger partial charge in [-0.15, -0.1) is 0 Å². The molecule has 0 bridgehead atoms. The highest BCUT2D eigenvalue weighted by atomic mass is 16.4. The van der Waals surface area contributed by atoms with Crippen LogP contribution in [-0.4, -0.2) is 32.4 Å². The first-order valence-corrected chi connectivity index (χ1v) is 4.52. The number of carboxylic acid groups (broad SMARTS) is 1. The third-order valence-electron chi connectivity index (χ3n) is 2.11. The van der Waals surface area contributed by atoms with E-state index in [9.17, 15) is 15.0 Å². The molecule has 0 saturated carbocycles. The van der Waals surface area contributed by atoms with E-state index in [1.54, 1.807) is 25.3 Å². The second-order valence-corrected chi connectivity index (χ2v) is 3.29. The van der Waals surface area contributed by atoms with Crippen molar-refractivity contribution in [1.82, 2.24) is 4.98 Å². The number of aliphatic hydroxyl groups excluding tert-OH is 2. The van der Waals surface area contributed by atoms with Crippen LogP contribution in [0.4, 0.5) is 0 Å². The van der Waals surface area contributed by atoms with Crippen LogP contribution in [0.1, 0.15) is 23.8 Å². The summed E-state index contributed by atoms with van der Waals surface area (Å²) < 4.78 is 0. The van der Waals surface area contributed by atoms with Gasteiger partial charge in [0.1, 0.15) is 6.10 Å². The molecule has 0 fully saturated rings. The van der Waals surface area contributed by atoms with E-state index >= 15 is 0 Å². The quantitative estimate of drug-likeness (QED) is 0.664. The molecule has 0 aliphatic rings. The van der Waals surface area contributed by atoms with Gasteiger partial charge >= 0.3 is 5.97 Å². The molecule has 2 atom stereocenters. The molecule has 1 rings (SSSR count). The van der Waals surface area contributed by atoms with Crippen LogP contribution in [0.3, 0.4) is 0 Å². The van der Waals surface area contributed by atoms with E-state index in [2.05, 4.69) is 4.98 Å². The van der Waals surface area contributed by atoms with Crippen molar-refractivity contribution < 1.29 is 20.1 Å². The van der Waals surface area contributed by atoms with E-state index in [4.69, 9.17) is 5.11 Å². The third-order valence-corrected chi connectivity index (χ3v) is 2.11. The number of carbonyl (C=O) groups is 1. The summed E-state index contributed by atoms with van der Waals surface area (Å²) in [5, 5.41) is 27.5. The van der Waals surface area contributed by atoms with E-state index < -0.39 is 24.6 Å². The van der Waals surface area contributed by atoms with Crippen LogP contribution in [-0.2, 0) is 4.79 Å². The molecule has 5 nitrogen and oxygen atoms in total. The van der Waals surface area contributed by atoms with Crippen LogP contribution in [0, 0.1) is 6.92 Å². The van der Waals surface area contributed by atoms with Gasteiger partial charge in [-0.1, -0.05) is 6.07 Å². The molecule has 1 aromatic heterocycles. The smallest absolute Gasteiger partial charge is 0.306 e. The number of pyridine rings is 1. The van der Waals surface area contributed by atoms with Gasteiger partial charge in [0.15, 0.2) is 0 Å². The Morgan fingerprint density at radius 3 is 2.73 bits per heavy atom. The Kier molecular flexibility index (Phi) is 3.76. The van der Waals surface area contributed by atoms with Gasteiger partial charge in [-0.05, 0) is 13.0 Å². The summed E-state index contributed by atoms with van der Waals surface area (Å²) in [5.74, 6) is -1.15. The molecular weight excluding hydrogens is 198 g/mol. The lowest BCUT2D eigenvalue weighted by Gasteiger charge is -2.17. The standard InChI is InChI=1S/C10H13NO4/c1-6-7(3-2-4-11-6)10(15)8(12)5-9(13)14/h2-4,8,10,12,15H,5H2,1H3,(H,13,14). The first-order chi connectivity index (χ1) is 7.02. The number of aliphatic carboxylic acids is 1.